The van der Waals surface area contributed by atoms with Crippen LogP contribution >= 0.6 is 27.7 Å². The van der Waals surface area contributed by atoms with E-state index in [1.807, 2.05) is 31.2 Å². The largest absolute Gasteiger partial charge is 0.503 e. The summed E-state index contributed by atoms with van der Waals surface area (Å²) in [4.78, 5) is 16.2. The first kappa shape index (κ1) is 19.2. The number of amides is 1. The zero-order valence-corrected chi connectivity index (χ0v) is 16.7. The van der Waals surface area contributed by atoms with Crippen molar-refractivity contribution in [1.82, 2.24) is 10.4 Å². The molecule has 27 heavy (non-hydrogen) atoms. The fraction of sp³-hybridized carbons (Fsp3) is 0.167. The number of phenolic OH excluding ortho intramolecular Hbond substituents is 1. The summed E-state index contributed by atoms with van der Waals surface area (Å²) < 4.78 is 11.4. The molecule has 1 aromatic heterocycles. The smallest absolute Gasteiger partial charge is 0.257 e. The minimum atomic E-state index is -0.290. The molecule has 3 rings (SSSR count). The van der Waals surface area contributed by atoms with E-state index in [0.717, 1.165) is 5.52 Å². The number of nitrogens with zero attached hydrogens (tertiary/aromatic N) is 2. The average molecular weight is 450 g/mol. The average Bonchev–Trinajstić information content (AvgIpc) is 3.07. The lowest BCUT2D eigenvalue weighted by atomic mass is 10.2. The van der Waals surface area contributed by atoms with Crippen LogP contribution in [0.25, 0.3) is 11.1 Å². The van der Waals surface area contributed by atoms with E-state index in [0.29, 0.717) is 33.2 Å². The normalized spacial score (nSPS) is 11.2. The molecule has 9 heteroatoms. The van der Waals surface area contributed by atoms with Crippen molar-refractivity contribution in [1.29, 1.82) is 0 Å². The Morgan fingerprint density at radius 3 is 3.04 bits per heavy atom. The molecule has 0 aliphatic carbocycles. The summed E-state index contributed by atoms with van der Waals surface area (Å²) in [5.41, 5.74) is 4.54. The first-order valence-corrected chi connectivity index (χ1v) is 9.80. The molecule has 0 spiro atoms. The van der Waals surface area contributed by atoms with Crippen molar-refractivity contribution in [2.75, 3.05) is 12.4 Å². The number of hydrazone groups is 1. The third kappa shape index (κ3) is 5.01. The van der Waals surface area contributed by atoms with Crippen LogP contribution in [-0.2, 0) is 4.79 Å². The molecule has 0 fully saturated rings. The summed E-state index contributed by atoms with van der Waals surface area (Å²) in [6.45, 7) is 2.24. The van der Waals surface area contributed by atoms with Gasteiger partial charge in [0.15, 0.2) is 17.1 Å². The summed E-state index contributed by atoms with van der Waals surface area (Å²) in [6.07, 6.45) is 1.47. The van der Waals surface area contributed by atoms with E-state index in [-0.39, 0.29) is 17.4 Å². The van der Waals surface area contributed by atoms with Gasteiger partial charge in [-0.1, -0.05) is 23.9 Å². The number of hydrogen-bond acceptors (Lipinski definition) is 7. The van der Waals surface area contributed by atoms with Gasteiger partial charge in [0.1, 0.15) is 5.52 Å². The van der Waals surface area contributed by atoms with Gasteiger partial charge in [0.2, 0.25) is 0 Å². The number of aromatic hydroxyl groups is 1. The minimum absolute atomic E-state index is 0.0211. The maximum absolute atomic E-state index is 11.9. The van der Waals surface area contributed by atoms with Crippen LogP contribution in [0.4, 0.5) is 0 Å². The SMILES string of the molecule is CCOc1cc(/C=N/NC(=O)CSc2nc3ccccc3o2)cc(Br)c1O. The maximum Gasteiger partial charge on any atom is 0.257 e. The number of phenols is 1. The Bertz CT molecular complexity index is 957. The van der Waals surface area contributed by atoms with Gasteiger partial charge in [0, 0.05) is 0 Å². The number of aromatic nitrogens is 1. The summed E-state index contributed by atoms with van der Waals surface area (Å²) in [6, 6.07) is 10.7. The van der Waals surface area contributed by atoms with Gasteiger partial charge in [-0.2, -0.15) is 5.10 Å². The molecule has 140 valence electrons. The minimum Gasteiger partial charge on any atom is -0.503 e. The number of carbonyl (C=O) groups excluding carboxylic acids is 1. The van der Waals surface area contributed by atoms with Crippen LogP contribution in [0, 0.1) is 0 Å². The molecule has 7 nitrogen and oxygen atoms in total. The van der Waals surface area contributed by atoms with Gasteiger partial charge in [-0.25, -0.2) is 10.4 Å². The highest BCUT2D eigenvalue weighted by atomic mass is 79.9. The number of fused-ring (bicyclic) bond motifs is 1. The molecule has 0 saturated carbocycles. The van der Waals surface area contributed by atoms with Crippen molar-refractivity contribution in [2.45, 2.75) is 12.1 Å². The number of halogens is 1. The van der Waals surface area contributed by atoms with Gasteiger partial charge in [-0.05, 0) is 52.7 Å². The highest BCUT2D eigenvalue weighted by molar-refractivity contribution is 9.10. The molecule has 0 bridgehead atoms. The number of thioether (sulfide) groups is 1. The highest BCUT2D eigenvalue weighted by Crippen LogP contribution is 2.35. The Morgan fingerprint density at radius 2 is 2.26 bits per heavy atom. The quantitative estimate of drug-likeness (QED) is 0.322. The summed E-state index contributed by atoms with van der Waals surface area (Å²) in [7, 11) is 0. The number of oxazole rings is 1. The van der Waals surface area contributed by atoms with Crippen LogP contribution in [0.3, 0.4) is 0 Å². The Morgan fingerprint density at radius 1 is 1.44 bits per heavy atom. The molecular formula is C18H16BrN3O4S. The molecule has 0 aliphatic rings. The van der Waals surface area contributed by atoms with Crippen LogP contribution in [0.1, 0.15) is 12.5 Å². The monoisotopic (exact) mass is 449 g/mol. The van der Waals surface area contributed by atoms with Crippen LogP contribution in [0.2, 0.25) is 0 Å². The Kier molecular flexibility index (Phi) is 6.36. The lowest BCUT2D eigenvalue weighted by Gasteiger charge is -2.08. The van der Waals surface area contributed by atoms with E-state index in [2.05, 4.69) is 31.4 Å². The molecule has 1 heterocycles. The van der Waals surface area contributed by atoms with Crippen molar-refractivity contribution in [3.05, 3.63) is 46.4 Å². The van der Waals surface area contributed by atoms with Crippen LogP contribution in [0.5, 0.6) is 11.5 Å². The van der Waals surface area contributed by atoms with E-state index in [4.69, 9.17) is 9.15 Å². The maximum atomic E-state index is 11.9. The molecule has 2 aromatic carbocycles. The number of hydrogen-bond donors (Lipinski definition) is 2. The standard InChI is InChI=1S/C18H16BrN3O4S/c1-2-25-15-8-11(7-12(19)17(15)24)9-20-22-16(23)10-27-18-21-13-5-3-4-6-14(13)26-18/h3-9,24H,2,10H2,1H3,(H,22,23)/b20-9+. The van der Waals surface area contributed by atoms with E-state index in [1.54, 1.807) is 12.1 Å². The van der Waals surface area contributed by atoms with Crippen LogP contribution < -0.4 is 10.2 Å². The van der Waals surface area contributed by atoms with E-state index in [9.17, 15) is 9.90 Å². The van der Waals surface area contributed by atoms with E-state index >= 15 is 0 Å². The van der Waals surface area contributed by atoms with Crippen molar-refractivity contribution < 1.29 is 19.1 Å². The molecule has 3 aromatic rings. The van der Waals surface area contributed by atoms with Gasteiger partial charge in [0.25, 0.3) is 11.1 Å². The zero-order valence-electron chi connectivity index (χ0n) is 14.3. The fourth-order valence-electron chi connectivity index (χ4n) is 2.19. The third-order valence-electron chi connectivity index (χ3n) is 3.35. The van der Waals surface area contributed by atoms with Gasteiger partial charge < -0.3 is 14.3 Å². The summed E-state index contributed by atoms with van der Waals surface area (Å²) in [5.74, 6) is 0.188. The van der Waals surface area contributed by atoms with Gasteiger partial charge in [-0.3, -0.25) is 4.79 Å². The lowest BCUT2D eigenvalue weighted by Crippen LogP contribution is -2.19. The Hall–Kier alpha value is -2.52. The lowest BCUT2D eigenvalue weighted by molar-refractivity contribution is -0.118. The summed E-state index contributed by atoms with van der Waals surface area (Å²) >= 11 is 4.44. The van der Waals surface area contributed by atoms with Crippen LogP contribution in [-0.4, -0.2) is 34.6 Å². The second-order valence-electron chi connectivity index (χ2n) is 5.31. The first-order chi connectivity index (χ1) is 13.1. The van der Waals surface area contributed by atoms with Gasteiger partial charge >= 0.3 is 0 Å². The number of para-hydroxylation sites is 2. The van der Waals surface area contributed by atoms with Gasteiger partial charge in [0.05, 0.1) is 23.0 Å². The predicted octanol–water partition coefficient (Wildman–Crippen LogP) is 3.94. The first-order valence-electron chi connectivity index (χ1n) is 8.02. The number of carbonyl (C=O) groups is 1. The zero-order chi connectivity index (χ0) is 19.2. The topological polar surface area (TPSA) is 97.0 Å². The van der Waals surface area contributed by atoms with Crippen LogP contribution in [0.15, 0.2) is 55.6 Å². The molecule has 0 atom stereocenters. The second kappa shape index (κ2) is 8.92. The molecule has 0 saturated heterocycles. The predicted molar refractivity (Wildman–Crippen MR) is 107 cm³/mol. The van der Waals surface area contributed by atoms with Gasteiger partial charge in [-0.15, -0.1) is 0 Å². The molecule has 2 N–H and O–H groups in total. The van der Waals surface area contributed by atoms with Crippen molar-refractivity contribution in [2.24, 2.45) is 5.10 Å². The molecule has 0 radical (unpaired) electrons. The molecule has 0 aliphatic heterocycles. The van der Waals surface area contributed by atoms with E-state index < -0.39 is 0 Å². The highest BCUT2D eigenvalue weighted by Gasteiger charge is 2.10. The number of nitrogens with one attached hydrogen (secondary N) is 1. The number of ether oxygens (including phenoxy) is 1. The number of benzene rings is 2. The number of rotatable bonds is 7. The molecule has 1 amide bonds. The van der Waals surface area contributed by atoms with Crippen molar-refractivity contribution >= 4 is 50.9 Å². The fourth-order valence-corrected chi connectivity index (χ4v) is 3.28. The van der Waals surface area contributed by atoms with Crippen molar-refractivity contribution in [3.63, 3.8) is 0 Å². The third-order valence-corrected chi connectivity index (χ3v) is 4.79. The Balaban J connectivity index is 1.55. The second-order valence-corrected chi connectivity index (χ2v) is 7.09. The Labute approximate surface area is 167 Å². The summed E-state index contributed by atoms with van der Waals surface area (Å²) in [5, 5.41) is 14.2. The van der Waals surface area contributed by atoms with Crippen molar-refractivity contribution in [3.8, 4) is 11.5 Å². The molecular weight excluding hydrogens is 434 g/mol. The van der Waals surface area contributed by atoms with E-state index in [1.165, 1.54) is 18.0 Å². The molecule has 0 unspecified atom stereocenters.